The fourth-order valence-electron chi connectivity index (χ4n) is 2.04. The van der Waals surface area contributed by atoms with Crippen LogP contribution in [0.5, 0.6) is 0 Å². The van der Waals surface area contributed by atoms with Gasteiger partial charge in [-0.2, -0.15) is 0 Å². The molecule has 4 N–H and O–H groups in total. The molecule has 7 nitrogen and oxygen atoms in total. The Hall–Kier alpha value is -2.96. The summed E-state index contributed by atoms with van der Waals surface area (Å²) in [5, 5.41) is 5.67. The van der Waals surface area contributed by atoms with E-state index in [2.05, 4.69) is 20.6 Å². The van der Waals surface area contributed by atoms with E-state index in [0.717, 1.165) is 0 Å². The molecule has 0 aliphatic carbocycles. The van der Waals surface area contributed by atoms with Gasteiger partial charge in [0.05, 0.1) is 0 Å². The Balaban J connectivity index is 1.77. The van der Waals surface area contributed by atoms with Gasteiger partial charge in [-0.25, -0.2) is 9.97 Å². The van der Waals surface area contributed by atoms with Crippen LogP contribution in [-0.2, 0) is 9.59 Å². The largest absolute Gasteiger partial charge is 0.368 e. The highest BCUT2D eigenvalue weighted by Crippen LogP contribution is 2.12. The first-order valence-electron chi connectivity index (χ1n) is 7.31. The maximum Gasteiger partial charge on any atom is 0.244 e. The monoisotopic (exact) mass is 313 g/mol. The number of carbonyl (C=O) groups is 2. The number of amides is 2. The predicted octanol–water partition coefficient (Wildman–Crippen LogP) is 1.01. The van der Waals surface area contributed by atoms with Gasteiger partial charge < -0.3 is 16.4 Å². The molecule has 0 spiro atoms. The number of nitrogens with two attached hydrogens (primary N) is 1. The average Bonchev–Trinajstić information content (AvgIpc) is 2.58. The molecule has 2 aromatic rings. The highest BCUT2D eigenvalue weighted by molar-refractivity contribution is 5.87. The van der Waals surface area contributed by atoms with Crippen molar-refractivity contribution in [1.82, 2.24) is 15.3 Å². The summed E-state index contributed by atoms with van der Waals surface area (Å²) in [6.07, 6.45) is 4.14. The molecule has 23 heavy (non-hydrogen) atoms. The van der Waals surface area contributed by atoms with Gasteiger partial charge in [-0.15, -0.1) is 0 Å². The summed E-state index contributed by atoms with van der Waals surface area (Å²) in [6.45, 7) is 0.560. The average molecular weight is 313 g/mol. The highest BCUT2D eigenvalue weighted by Gasteiger charge is 2.19. The Kier molecular flexibility index (Phi) is 6.05. The number of anilines is 1. The summed E-state index contributed by atoms with van der Waals surface area (Å²) < 4.78 is 0. The number of hydrogen-bond acceptors (Lipinski definition) is 5. The lowest BCUT2D eigenvalue weighted by atomic mass is 10.1. The molecule has 2 rings (SSSR count). The van der Waals surface area contributed by atoms with Crippen molar-refractivity contribution in [3.05, 3.63) is 54.4 Å². The second kappa shape index (κ2) is 8.47. The molecule has 0 fully saturated rings. The number of primary amides is 1. The molecule has 0 radical (unpaired) electrons. The maximum absolute atomic E-state index is 12.0. The number of nitrogens with one attached hydrogen (secondary N) is 2. The Morgan fingerprint density at radius 2 is 1.78 bits per heavy atom. The zero-order chi connectivity index (χ0) is 16.5. The molecule has 7 heteroatoms. The number of carbonyl (C=O) groups excluding carboxylic acids is 2. The third-order valence-electron chi connectivity index (χ3n) is 3.15. The smallest absolute Gasteiger partial charge is 0.244 e. The molecule has 1 heterocycles. The van der Waals surface area contributed by atoms with E-state index in [1.807, 2.05) is 6.07 Å². The van der Waals surface area contributed by atoms with Gasteiger partial charge in [-0.3, -0.25) is 9.59 Å². The van der Waals surface area contributed by atoms with Crippen molar-refractivity contribution in [1.29, 1.82) is 0 Å². The van der Waals surface area contributed by atoms with Crippen molar-refractivity contribution >= 4 is 17.8 Å². The minimum atomic E-state index is -0.811. The van der Waals surface area contributed by atoms with Crippen LogP contribution in [0.1, 0.15) is 24.4 Å². The first kappa shape index (κ1) is 16.4. The Bertz CT molecular complexity index is 633. The fraction of sp³-hybridized carbons (Fsp3) is 0.250. The van der Waals surface area contributed by atoms with Gasteiger partial charge >= 0.3 is 0 Å². The maximum atomic E-state index is 12.0. The van der Waals surface area contributed by atoms with Crippen LogP contribution in [0.4, 0.5) is 5.95 Å². The Labute approximate surface area is 134 Å². The summed E-state index contributed by atoms with van der Waals surface area (Å²) in [5.74, 6) is -0.291. The first-order valence-corrected chi connectivity index (χ1v) is 7.31. The van der Waals surface area contributed by atoms with Gasteiger partial charge in [0.1, 0.15) is 6.04 Å². The van der Waals surface area contributed by atoms with Crippen molar-refractivity contribution in [2.45, 2.75) is 18.9 Å². The van der Waals surface area contributed by atoms with E-state index in [9.17, 15) is 9.59 Å². The molecule has 0 aliphatic rings. The highest BCUT2D eigenvalue weighted by atomic mass is 16.2. The fourth-order valence-corrected chi connectivity index (χ4v) is 2.04. The minimum absolute atomic E-state index is 0.228. The van der Waals surface area contributed by atoms with E-state index in [4.69, 9.17) is 5.73 Å². The molecule has 1 aromatic carbocycles. The normalized spacial score (nSPS) is 11.5. The standard InChI is InChI=1S/C16H19N5O2/c17-15(23)14(12-6-2-1-3-7-12)21-13(22)8-4-9-18-16-19-10-5-11-20-16/h1-3,5-7,10-11,14H,4,8-9H2,(H2,17,23)(H,21,22)(H,18,19,20)/t14-/m1/s1. The SMILES string of the molecule is NC(=O)[C@H](NC(=O)CCCNc1ncccn1)c1ccccc1. The third-order valence-corrected chi connectivity index (χ3v) is 3.15. The van der Waals surface area contributed by atoms with Gasteiger partial charge in [0, 0.05) is 25.4 Å². The predicted molar refractivity (Wildman–Crippen MR) is 86.3 cm³/mol. The van der Waals surface area contributed by atoms with Crippen LogP contribution in [0.25, 0.3) is 0 Å². The number of benzene rings is 1. The summed E-state index contributed by atoms with van der Waals surface area (Å²) >= 11 is 0. The van der Waals surface area contributed by atoms with Crippen molar-refractivity contribution in [3.8, 4) is 0 Å². The second-order valence-corrected chi connectivity index (χ2v) is 4.92. The van der Waals surface area contributed by atoms with Crippen LogP contribution in [-0.4, -0.2) is 28.3 Å². The Morgan fingerprint density at radius 1 is 1.09 bits per heavy atom. The molecular formula is C16H19N5O2. The second-order valence-electron chi connectivity index (χ2n) is 4.92. The topological polar surface area (TPSA) is 110 Å². The summed E-state index contributed by atoms with van der Waals surface area (Å²) in [7, 11) is 0. The third kappa shape index (κ3) is 5.39. The summed E-state index contributed by atoms with van der Waals surface area (Å²) in [5.41, 5.74) is 6.04. The molecule has 120 valence electrons. The Morgan fingerprint density at radius 3 is 2.43 bits per heavy atom. The molecule has 0 unspecified atom stereocenters. The van der Waals surface area contributed by atoms with Gasteiger partial charge in [-0.1, -0.05) is 30.3 Å². The van der Waals surface area contributed by atoms with Crippen LogP contribution < -0.4 is 16.4 Å². The molecule has 1 aromatic heterocycles. The van der Waals surface area contributed by atoms with E-state index in [-0.39, 0.29) is 12.3 Å². The van der Waals surface area contributed by atoms with Gasteiger partial charge in [-0.05, 0) is 18.1 Å². The van der Waals surface area contributed by atoms with Crippen LogP contribution in [0.15, 0.2) is 48.8 Å². The molecule has 0 saturated carbocycles. The lowest BCUT2D eigenvalue weighted by Gasteiger charge is -2.15. The van der Waals surface area contributed by atoms with Crippen LogP contribution in [0.2, 0.25) is 0 Å². The quantitative estimate of drug-likeness (QED) is 0.630. The lowest BCUT2D eigenvalue weighted by molar-refractivity contribution is -0.127. The number of rotatable bonds is 8. The zero-order valence-electron chi connectivity index (χ0n) is 12.6. The first-order chi connectivity index (χ1) is 11.2. The van der Waals surface area contributed by atoms with Crippen molar-refractivity contribution in [3.63, 3.8) is 0 Å². The number of aromatic nitrogens is 2. The van der Waals surface area contributed by atoms with Gasteiger partial charge in [0.25, 0.3) is 0 Å². The lowest BCUT2D eigenvalue weighted by Crippen LogP contribution is -2.37. The summed E-state index contributed by atoms with van der Waals surface area (Å²) in [6, 6.07) is 9.85. The van der Waals surface area contributed by atoms with Gasteiger partial charge in [0.2, 0.25) is 17.8 Å². The molecular weight excluding hydrogens is 294 g/mol. The van der Waals surface area contributed by atoms with Crippen LogP contribution >= 0.6 is 0 Å². The van der Waals surface area contributed by atoms with E-state index < -0.39 is 11.9 Å². The van der Waals surface area contributed by atoms with E-state index in [1.54, 1.807) is 42.7 Å². The molecule has 0 aliphatic heterocycles. The number of hydrogen-bond donors (Lipinski definition) is 3. The van der Waals surface area contributed by atoms with Crippen LogP contribution in [0, 0.1) is 0 Å². The number of nitrogens with zero attached hydrogens (tertiary/aromatic N) is 2. The molecule has 2 amide bonds. The van der Waals surface area contributed by atoms with Crippen molar-refractivity contribution in [2.24, 2.45) is 5.73 Å². The van der Waals surface area contributed by atoms with Crippen molar-refractivity contribution < 1.29 is 9.59 Å². The summed E-state index contributed by atoms with van der Waals surface area (Å²) in [4.78, 5) is 31.5. The van der Waals surface area contributed by atoms with E-state index in [0.29, 0.717) is 24.5 Å². The van der Waals surface area contributed by atoms with E-state index >= 15 is 0 Å². The molecule has 0 bridgehead atoms. The minimum Gasteiger partial charge on any atom is -0.368 e. The molecule has 0 saturated heterocycles. The van der Waals surface area contributed by atoms with Gasteiger partial charge in [0.15, 0.2) is 0 Å². The zero-order valence-corrected chi connectivity index (χ0v) is 12.6. The van der Waals surface area contributed by atoms with Crippen molar-refractivity contribution in [2.75, 3.05) is 11.9 Å². The molecule has 1 atom stereocenters. The van der Waals surface area contributed by atoms with E-state index in [1.165, 1.54) is 0 Å². The van der Waals surface area contributed by atoms with Crippen LogP contribution in [0.3, 0.4) is 0 Å².